The van der Waals surface area contributed by atoms with Crippen LogP contribution in [0.15, 0.2) is 24.3 Å². The minimum absolute atomic E-state index is 0.768. The lowest BCUT2D eigenvalue weighted by Gasteiger charge is -2.32. The van der Waals surface area contributed by atoms with Crippen LogP contribution in [0.1, 0.15) is 25.8 Å². The van der Waals surface area contributed by atoms with Gasteiger partial charge in [0.15, 0.2) is 0 Å². The van der Waals surface area contributed by atoms with Crippen LogP contribution in [0.3, 0.4) is 0 Å². The highest BCUT2D eigenvalue weighted by Gasteiger charge is 2.12. The molecule has 0 bridgehead atoms. The van der Waals surface area contributed by atoms with Gasteiger partial charge in [0.05, 0.1) is 0 Å². The Kier molecular flexibility index (Phi) is 8.57. The number of hydrogen-bond acceptors (Lipinski definition) is 4. The topological polar surface area (TPSA) is 19.0 Å². The lowest BCUT2D eigenvalue weighted by Crippen LogP contribution is -2.44. The van der Waals surface area contributed by atoms with E-state index in [0.29, 0.717) is 0 Å². The molecule has 0 aromatic heterocycles. The van der Waals surface area contributed by atoms with E-state index in [2.05, 4.69) is 59.9 Å². The number of ether oxygens (including phenoxy) is 1. The molecule has 0 amide bonds. The molecule has 4 nitrogen and oxygen atoms in total. The zero-order valence-corrected chi connectivity index (χ0v) is 15.8. The van der Waals surface area contributed by atoms with Gasteiger partial charge in [-0.15, -0.1) is 0 Å². The monoisotopic (exact) mass is 333 g/mol. The molecule has 0 saturated carbocycles. The molecule has 24 heavy (non-hydrogen) atoms. The van der Waals surface area contributed by atoms with Crippen molar-refractivity contribution in [3.05, 3.63) is 29.8 Å². The van der Waals surface area contributed by atoms with Gasteiger partial charge in [-0.25, -0.2) is 0 Å². The first-order valence-electron chi connectivity index (χ1n) is 9.56. The van der Waals surface area contributed by atoms with Crippen molar-refractivity contribution >= 4 is 0 Å². The van der Waals surface area contributed by atoms with E-state index in [0.717, 1.165) is 38.4 Å². The number of benzene rings is 1. The van der Waals surface area contributed by atoms with Crippen LogP contribution >= 0.6 is 0 Å². The van der Waals surface area contributed by atoms with Gasteiger partial charge in [-0.05, 0) is 57.2 Å². The van der Waals surface area contributed by atoms with E-state index in [1.165, 1.54) is 44.7 Å². The minimum atomic E-state index is 0.768. The van der Waals surface area contributed by atoms with Gasteiger partial charge in [-0.3, -0.25) is 0 Å². The summed E-state index contributed by atoms with van der Waals surface area (Å²) in [5.41, 5.74) is 1.42. The van der Waals surface area contributed by atoms with Crippen LogP contribution in [0, 0.1) is 0 Å². The standard InChI is InChI=1S/C20H35N3O/c1-4-22(5-2)17-18-24-20-10-8-19(9-11-20)7-6-12-23-15-13-21(3)14-16-23/h8-11H,4-7,12-18H2,1-3H3. The van der Waals surface area contributed by atoms with E-state index < -0.39 is 0 Å². The Morgan fingerprint density at radius 1 is 1.00 bits per heavy atom. The molecule has 1 aliphatic heterocycles. The van der Waals surface area contributed by atoms with Gasteiger partial charge >= 0.3 is 0 Å². The second-order valence-corrected chi connectivity index (χ2v) is 6.77. The summed E-state index contributed by atoms with van der Waals surface area (Å²) in [6, 6.07) is 8.67. The lowest BCUT2D eigenvalue weighted by atomic mass is 10.1. The molecular formula is C20H35N3O. The van der Waals surface area contributed by atoms with Crippen LogP contribution in [-0.2, 0) is 6.42 Å². The Bertz CT molecular complexity index is 437. The summed E-state index contributed by atoms with van der Waals surface area (Å²) in [6.45, 7) is 14.4. The Hall–Kier alpha value is -1.10. The van der Waals surface area contributed by atoms with E-state index in [1.807, 2.05) is 0 Å². The van der Waals surface area contributed by atoms with Gasteiger partial charge < -0.3 is 19.4 Å². The van der Waals surface area contributed by atoms with Crippen molar-refractivity contribution in [1.29, 1.82) is 0 Å². The van der Waals surface area contributed by atoms with Crippen molar-refractivity contribution in [1.82, 2.24) is 14.7 Å². The number of nitrogens with zero attached hydrogens (tertiary/aromatic N) is 3. The first-order valence-corrected chi connectivity index (χ1v) is 9.56. The Morgan fingerprint density at radius 3 is 2.29 bits per heavy atom. The fourth-order valence-electron chi connectivity index (χ4n) is 3.16. The molecule has 1 heterocycles. The third-order valence-electron chi connectivity index (χ3n) is 5.03. The van der Waals surface area contributed by atoms with Crippen LogP contribution in [-0.4, -0.2) is 80.7 Å². The molecule has 4 heteroatoms. The highest BCUT2D eigenvalue weighted by Crippen LogP contribution is 2.14. The third kappa shape index (κ3) is 6.80. The van der Waals surface area contributed by atoms with E-state index in [-0.39, 0.29) is 0 Å². The third-order valence-corrected chi connectivity index (χ3v) is 5.03. The SMILES string of the molecule is CCN(CC)CCOc1ccc(CCCN2CCN(C)CC2)cc1. The van der Waals surface area contributed by atoms with Gasteiger partial charge in [0.25, 0.3) is 0 Å². The fraction of sp³-hybridized carbons (Fsp3) is 0.700. The number of rotatable bonds is 10. The van der Waals surface area contributed by atoms with Crippen LogP contribution in [0.5, 0.6) is 5.75 Å². The number of aryl methyl sites for hydroxylation is 1. The molecule has 1 aromatic carbocycles. The van der Waals surface area contributed by atoms with E-state index in [4.69, 9.17) is 4.74 Å². The summed E-state index contributed by atoms with van der Waals surface area (Å²) < 4.78 is 5.85. The minimum Gasteiger partial charge on any atom is -0.492 e. The molecule has 0 N–H and O–H groups in total. The zero-order valence-electron chi connectivity index (χ0n) is 15.8. The van der Waals surface area contributed by atoms with Crippen LogP contribution in [0.4, 0.5) is 0 Å². The van der Waals surface area contributed by atoms with Crippen molar-refractivity contribution < 1.29 is 4.74 Å². The van der Waals surface area contributed by atoms with E-state index in [1.54, 1.807) is 0 Å². The van der Waals surface area contributed by atoms with Crippen molar-refractivity contribution in [3.63, 3.8) is 0 Å². The smallest absolute Gasteiger partial charge is 0.119 e. The van der Waals surface area contributed by atoms with E-state index >= 15 is 0 Å². The maximum Gasteiger partial charge on any atom is 0.119 e. The van der Waals surface area contributed by atoms with Gasteiger partial charge in [0.2, 0.25) is 0 Å². The number of likely N-dealkylation sites (N-methyl/N-ethyl adjacent to an activating group) is 2. The largest absolute Gasteiger partial charge is 0.492 e. The fourth-order valence-corrected chi connectivity index (χ4v) is 3.16. The average molecular weight is 334 g/mol. The van der Waals surface area contributed by atoms with Crippen LogP contribution in [0.25, 0.3) is 0 Å². The van der Waals surface area contributed by atoms with Crippen molar-refractivity contribution in [2.45, 2.75) is 26.7 Å². The van der Waals surface area contributed by atoms with E-state index in [9.17, 15) is 0 Å². The molecule has 0 atom stereocenters. The Balaban J connectivity index is 1.63. The van der Waals surface area contributed by atoms with Gasteiger partial charge in [-0.2, -0.15) is 0 Å². The zero-order chi connectivity index (χ0) is 17.2. The highest BCUT2D eigenvalue weighted by atomic mass is 16.5. The predicted molar refractivity (Wildman–Crippen MR) is 102 cm³/mol. The van der Waals surface area contributed by atoms with Crippen LogP contribution < -0.4 is 4.74 Å². The highest BCUT2D eigenvalue weighted by molar-refractivity contribution is 5.27. The predicted octanol–water partition coefficient (Wildman–Crippen LogP) is 2.59. The molecule has 136 valence electrons. The van der Waals surface area contributed by atoms with Crippen molar-refractivity contribution in [3.8, 4) is 5.75 Å². The van der Waals surface area contributed by atoms with Crippen molar-refractivity contribution in [2.75, 3.05) is 66.0 Å². The Morgan fingerprint density at radius 2 is 1.67 bits per heavy atom. The molecule has 0 aliphatic carbocycles. The van der Waals surface area contributed by atoms with Gasteiger partial charge in [0, 0.05) is 32.7 Å². The maximum atomic E-state index is 5.85. The molecule has 2 rings (SSSR count). The molecule has 0 radical (unpaired) electrons. The van der Waals surface area contributed by atoms with Gasteiger partial charge in [0.1, 0.15) is 12.4 Å². The Labute approximate surface area is 148 Å². The summed E-state index contributed by atoms with van der Waals surface area (Å²) in [5.74, 6) is 0.991. The van der Waals surface area contributed by atoms with Crippen LogP contribution in [0.2, 0.25) is 0 Å². The normalized spacial score (nSPS) is 16.7. The quantitative estimate of drug-likeness (QED) is 0.655. The molecule has 0 unspecified atom stereocenters. The molecule has 1 fully saturated rings. The molecule has 1 saturated heterocycles. The number of piperazine rings is 1. The molecule has 0 spiro atoms. The first kappa shape index (κ1) is 19.2. The molecule has 1 aromatic rings. The summed E-state index contributed by atoms with van der Waals surface area (Å²) in [7, 11) is 2.21. The second-order valence-electron chi connectivity index (χ2n) is 6.77. The first-order chi connectivity index (χ1) is 11.7. The van der Waals surface area contributed by atoms with Crippen molar-refractivity contribution in [2.24, 2.45) is 0 Å². The summed E-state index contributed by atoms with van der Waals surface area (Å²) in [4.78, 5) is 7.38. The summed E-state index contributed by atoms with van der Waals surface area (Å²) in [5, 5.41) is 0. The lowest BCUT2D eigenvalue weighted by molar-refractivity contribution is 0.153. The summed E-state index contributed by atoms with van der Waals surface area (Å²) >= 11 is 0. The summed E-state index contributed by atoms with van der Waals surface area (Å²) in [6.07, 6.45) is 2.40. The second kappa shape index (κ2) is 10.7. The maximum absolute atomic E-state index is 5.85. The molecule has 1 aliphatic rings. The average Bonchev–Trinajstić information content (AvgIpc) is 2.62. The number of hydrogen-bond donors (Lipinski definition) is 0. The van der Waals surface area contributed by atoms with Gasteiger partial charge in [-0.1, -0.05) is 26.0 Å². The molecular weight excluding hydrogens is 298 g/mol.